The quantitative estimate of drug-likeness (QED) is 0.417. The summed E-state index contributed by atoms with van der Waals surface area (Å²) in [7, 11) is 0. The number of rotatable bonds is 4. The van der Waals surface area contributed by atoms with E-state index in [1.54, 1.807) is 30.4 Å². The van der Waals surface area contributed by atoms with Gasteiger partial charge in [0.15, 0.2) is 5.82 Å². The van der Waals surface area contributed by atoms with E-state index in [0.29, 0.717) is 22.1 Å². The van der Waals surface area contributed by atoms with E-state index in [4.69, 9.17) is 4.42 Å². The van der Waals surface area contributed by atoms with Crippen molar-refractivity contribution in [3.8, 4) is 16.5 Å². The van der Waals surface area contributed by atoms with Gasteiger partial charge < -0.3 is 9.52 Å². The SMILES string of the molecule is Cc1c(O)ccc2c(CSc3n[nH]c(-c4cccs4)n3)cc(=O)oc12. The van der Waals surface area contributed by atoms with Crippen molar-refractivity contribution in [1.29, 1.82) is 0 Å². The van der Waals surface area contributed by atoms with Crippen LogP contribution in [0.15, 0.2) is 50.1 Å². The van der Waals surface area contributed by atoms with E-state index in [-0.39, 0.29) is 5.75 Å². The summed E-state index contributed by atoms with van der Waals surface area (Å²) >= 11 is 3.02. The minimum Gasteiger partial charge on any atom is -0.508 e. The van der Waals surface area contributed by atoms with Crippen LogP contribution in [0.5, 0.6) is 5.75 Å². The first-order valence-electron chi connectivity index (χ1n) is 7.46. The molecule has 6 nitrogen and oxygen atoms in total. The number of phenols is 1. The Labute approximate surface area is 150 Å². The number of nitrogens with one attached hydrogen (secondary N) is 1. The van der Waals surface area contributed by atoms with Gasteiger partial charge in [-0.1, -0.05) is 17.8 Å². The van der Waals surface area contributed by atoms with Crippen LogP contribution in [0.1, 0.15) is 11.1 Å². The molecule has 126 valence electrons. The maximum atomic E-state index is 11.8. The highest BCUT2D eigenvalue weighted by Gasteiger charge is 2.13. The van der Waals surface area contributed by atoms with E-state index in [1.165, 1.54) is 17.8 Å². The monoisotopic (exact) mass is 371 g/mol. The normalized spacial score (nSPS) is 11.2. The molecule has 0 aliphatic heterocycles. The number of aromatic nitrogens is 3. The zero-order valence-corrected chi connectivity index (χ0v) is 14.8. The van der Waals surface area contributed by atoms with Gasteiger partial charge in [-0.3, -0.25) is 5.10 Å². The molecule has 25 heavy (non-hydrogen) atoms. The largest absolute Gasteiger partial charge is 0.508 e. The van der Waals surface area contributed by atoms with Crippen LogP contribution < -0.4 is 5.63 Å². The van der Waals surface area contributed by atoms with Gasteiger partial charge in [-0.25, -0.2) is 9.78 Å². The number of aryl methyl sites for hydroxylation is 1. The van der Waals surface area contributed by atoms with Gasteiger partial charge in [0.05, 0.1) is 4.88 Å². The van der Waals surface area contributed by atoms with Crippen molar-refractivity contribution in [1.82, 2.24) is 15.2 Å². The van der Waals surface area contributed by atoms with E-state index >= 15 is 0 Å². The van der Waals surface area contributed by atoms with Crippen LogP contribution in [0.2, 0.25) is 0 Å². The first-order valence-corrected chi connectivity index (χ1v) is 9.33. The van der Waals surface area contributed by atoms with Gasteiger partial charge in [0.25, 0.3) is 0 Å². The minimum absolute atomic E-state index is 0.106. The highest BCUT2D eigenvalue weighted by Crippen LogP contribution is 2.30. The van der Waals surface area contributed by atoms with Gasteiger partial charge >= 0.3 is 5.63 Å². The summed E-state index contributed by atoms with van der Waals surface area (Å²) in [6, 6.07) is 8.77. The third kappa shape index (κ3) is 3.06. The molecular formula is C17H13N3O3S2. The maximum Gasteiger partial charge on any atom is 0.336 e. The topological polar surface area (TPSA) is 92.0 Å². The number of fused-ring (bicyclic) bond motifs is 1. The molecule has 0 radical (unpaired) electrons. The second-order valence-electron chi connectivity index (χ2n) is 5.41. The predicted molar refractivity (Wildman–Crippen MR) is 98.1 cm³/mol. The Morgan fingerprint density at radius 1 is 1.36 bits per heavy atom. The lowest BCUT2D eigenvalue weighted by molar-refractivity contribution is 0.468. The Morgan fingerprint density at radius 3 is 3.04 bits per heavy atom. The fraction of sp³-hybridized carbons (Fsp3) is 0.118. The number of phenolic OH excluding ortho intramolecular Hbond substituents is 1. The molecule has 0 unspecified atom stereocenters. The number of nitrogens with zero attached hydrogens (tertiary/aromatic N) is 2. The summed E-state index contributed by atoms with van der Waals surface area (Å²) in [6.45, 7) is 1.72. The highest BCUT2D eigenvalue weighted by molar-refractivity contribution is 7.98. The predicted octanol–water partition coefficient (Wildman–Crippen LogP) is 3.95. The van der Waals surface area contributed by atoms with Crippen LogP contribution in [0.25, 0.3) is 21.7 Å². The second-order valence-corrected chi connectivity index (χ2v) is 7.30. The smallest absolute Gasteiger partial charge is 0.336 e. The van der Waals surface area contributed by atoms with Gasteiger partial charge in [0, 0.05) is 22.8 Å². The van der Waals surface area contributed by atoms with Crippen molar-refractivity contribution < 1.29 is 9.52 Å². The van der Waals surface area contributed by atoms with E-state index in [2.05, 4.69) is 15.2 Å². The summed E-state index contributed by atoms with van der Waals surface area (Å²) in [4.78, 5) is 17.3. The lowest BCUT2D eigenvalue weighted by Crippen LogP contribution is -2.01. The van der Waals surface area contributed by atoms with Crippen molar-refractivity contribution in [3.05, 3.63) is 57.3 Å². The van der Waals surface area contributed by atoms with Crippen LogP contribution in [0, 0.1) is 6.92 Å². The van der Waals surface area contributed by atoms with Crippen LogP contribution in [0.3, 0.4) is 0 Å². The molecule has 0 bridgehead atoms. The highest BCUT2D eigenvalue weighted by atomic mass is 32.2. The standard InChI is InChI=1S/C17H13N3O3S2/c1-9-12(21)5-4-11-10(7-14(22)23-15(9)11)8-25-17-18-16(19-20-17)13-3-2-6-24-13/h2-7,21H,8H2,1H3,(H,18,19,20). The summed E-state index contributed by atoms with van der Waals surface area (Å²) in [6.07, 6.45) is 0. The Morgan fingerprint density at radius 2 is 2.24 bits per heavy atom. The molecule has 8 heteroatoms. The van der Waals surface area contributed by atoms with Crippen LogP contribution >= 0.6 is 23.1 Å². The summed E-state index contributed by atoms with van der Waals surface area (Å²) in [5.74, 6) is 1.36. The first kappa shape index (κ1) is 15.9. The molecule has 0 saturated carbocycles. The third-order valence-corrected chi connectivity index (χ3v) is 5.57. The Balaban J connectivity index is 1.63. The molecule has 0 saturated heterocycles. The van der Waals surface area contributed by atoms with Gasteiger partial charge in [0.1, 0.15) is 11.3 Å². The summed E-state index contributed by atoms with van der Waals surface area (Å²) in [5.41, 5.74) is 1.35. The van der Waals surface area contributed by atoms with Crippen LogP contribution in [-0.4, -0.2) is 20.3 Å². The number of thioether (sulfide) groups is 1. The lowest BCUT2D eigenvalue weighted by atomic mass is 10.1. The number of H-pyrrole nitrogens is 1. The summed E-state index contributed by atoms with van der Waals surface area (Å²) < 4.78 is 5.26. The van der Waals surface area contributed by atoms with Crippen molar-refractivity contribution in [2.45, 2.75) is 17.8 Å². The van der Waals surface area contributed by atoms with Crippen molar-refractivity contribution in [3.63, 3.8) is 0 Å². The number of benzene rings is 1. The molecule has 0 amide bonds. The number of thiophene rings is 1. The minimum atomic E-state index is -0.439. The molecule has 4 rings (SSSR count). The van der Waals surface area contributed by atoms with E-state index in [9.17, 15) is 9.90 Å². The molecule has 0 aliphatic carbocycles. The first-order chi connectivity index (χ1) is 12.1. The van der Waals surface area contributed by atoms with E-state index in [0.717, 1.165) is 21.7 Å². The maximum absolute atomic E-state index is 11.8. The molecule has 4 aromatic rings. The van der Waals surface area contributed by atoms with Crippen LogP contribution in [-0.2, 0) is 5.75 Å². The Bertz CT molecular complexity index is 1100. The average molecular weight is 371 g/mol. The van der Waals surface area contributed by atoms with Crippen molar-refractivity contribution in [2.24, 2.45) is 0 Å². The lowest BCUT2D eigenvalue weighted by Gasteiger charge is -2.07. The zero-order chi connectivity index (χ0) is 17.4. The molecule has 0 fully saturated rings. The Hall–Kier alpha value is -2.58. The number of aromatic hydroxyl groups is 1. The molecular weight excluding hydrogens is 358 g/mol. The molecule has 2 N–H and O–H groups in total. The fourth-order valence-electron chi connectivity index (χ4n) is 2.51. The van der Waals surface area contributed by atoms with Gasteiger partial charge in [-0.05, 0) is 36.1 Å². The molecule has 0 spiro atoms. The number of hydrogen-bond acceptors (Lipinski definition) is 7. The molecule has 3 heterocycles. The van der Waals surface area contributed by atoms with Gasteiger partial charge in [0.2, 0.25) is 5.16 Å². The van der Waals surface area contributed by atoms with E-state index < -0.39 is 5.63 Å². The number of hydrogen-bond donors (Lipinski definition) is 2. The summed E-state index contributed by atoms with van der Waals surface area (Å²) in [5, 5.41) is 20.3. The van der Waals surface area contributed by atoms with Gasteiger partial charge in [-0.2, -0.15) is 0 Å². The van der Waals surface area contributed by atoms with Crippen molar-refractivity contribution >= 4 is 34.1 Å². The zero-order valence-electron chi connectivity index (χ0n) is 13.1. The third-order valence-electron chi connectivity index (χ3n) is 3.79. The van der Waals surface area contributed by atoms with E-state index in [1.807, 2.05) is 17.5 Å². The average Bonchev–Trinajstić information content (AvgIpc) is 3.27. The van der Waals surface area contributed by atoms with Crippen LogP contribution in [0.4, 0.5) is 0 Å². The Kier molecular flexibility index (Phi) is 4.06. The fourth-order valence-corrected chi connectivity index (χ4v) is 3.97. The molecule has 0 aliphatic rings. The molecule has 1 aromatic carbocycles. The molecule has 0 atom stereocenters. The van der Waals surface area contributed by atoms with Crippen molar-refractivity contribution in [2.75, 3.05) is 0 Å². The van der Waals surface area contributed by atoms with Gasteiger partial charge in [-0.15, -0.1) is 16.4 Å². The molecule has 3 aromatic heterocycles. The number of aromatic amines is 1. The second kappa shape index (κ2) is 6.38.